The van der Waals surface area contributed by atoms with Crippen molar-refractivity contribution in [2.45, 2.75) is 25.8 Å². The number of nitrogens with one attached hydrogen (secondary N) is 2. The molecule has 3 aromatic heterocycles. The number of fused-ring (bicyclic) bond motifs is 1. The fraction of sp³-hybridized carbons (Fsp3) is 0.292. The van der Waals surface area contributed by atoms with Crippen molar-refractivity contribution in [2.24, 2.45) is 5.92 Å². The van der Waals surface area contributed by atoms with Crippen LogP contribution in [0.25, 0.3) is 20.7 Å². The lowest BCUT2D eigenvalue weighted by Gasteiger charge is -2.34. The topological polar surface area (TPSA) is 78.1 Å². The van der Waals surface area contributed by atoms with Crippen molar-refractivity contribution in [3.8, 4) is 10.4 Å². The molecule has 1 saturated heterocycles. The zero-order valence-electron chi connectivity index (χ0n) is 17.7. The van der Waals surface area contributed by atoms with Crippen molar-refractivity contribution in [1.29, 1.82) is 0 Å². The molecule has 4 heterocycles. The van der Waals surface area contributed by atoms with Crippen molar-refractivity contribution in [1.82, 2.24) is 14.9 Å². The number of piperidine rings is 1. The number of thiophene rings is 2. The summed E-state index contributed by atoms with van der Waals surface area (Å²) in [6, 6.07) is 13.6. The first-order chi connectivity index (χ1) is 15.6. The van der Waals surface area contributed by atoms with Crippen LogP contribution >= 0.6 is 22.7 Å². The lowest BCUT2D eigenvalue weighted by Crippen LogP contribution is -2.40. The molecule has 1 atom stereocenters. The third kappa shape index (κ3) is 4.13. The number of benzene rings is 1. The van der Waals surface area contributed by atoms with Crippen LogP contribution in [0.3, 0.4) is 0 Å². The Bertz CT molecular complexity index is 1270. The third-order valence-electron chi connectivity index (χ3n) is 6.13. The third-order valence-corrected chi connectivity index (χ3v) is 7.91. The van der Waals surface area contributed by atoms with E-state index in [1.807, 2.05) is 53.2 Å². The van der Waals surface area contributed by atoms with Gasteiger partial charge in [-0.15, -0.1) is 22.7 Å². The first kappa shape index (κ1) is 21.1. The van der Waals surface area contributed by atoms with E-state index in [-0.39, 0.29) is 23.4 Å². The molecule has 4 aromatic rings. The van der Waals surface area contributed by atoms with Gasteiger partial charge in [-0.2, -0.15) is 0 Å². The Kier molecular flexibility index (Phi) is 5.91. The quantitative estimate of drug-likeness (QED) is 0.429. The number of carbonyl (C=O) groups excluding carboxylic acids is 1. The van der Waals surface area contributed by atoms with Crippen molar-refractivity contribution >= 4 is 44.5 Å². The molecule has 1 aliphatic rings. The number of aromatic nitrogens is 2. The Morgan fingerprint density at radius 2 is 1.94 bits per heavy atom. The van der Waals surface area contributed by atoms with E-state index in [9.17, 15) is 9.59 Å². The van der Waals surface area contributed by atoms with Crippen LogP contribution in [-0.2, 0) is 4.79 Å². The Hall–Kier alpha value is -2.81. The van der Waals surface area contributed by atoms with Crippen molar-refractivity contribution in [2.75, 3.05) is 18.4 Å². The number of H-pyrrole nitrogens is 1. The normalized spacial score (nSPS) is 16.3. The van der Waals surface area contributed by atoms with Crippen LogP contribution in [-0.4, -0.2) is 33.9 Å². The summed E-state index contributed by atoms with van der Waals surface area (Å²) in [6.07, 6.45) is 1.58. The molecule has 0 aliphatic carbocycles. The summed E-state index contributed by atoms with van der Waals surface area (Å²) >= 11 is 3.14. The van der Waals surface area contributed by atoms with Crippen molar-refractivity contribution < 1.29 is 4.79 Å². The summed E-state index contributed by atoms with van der Waals surface area (Å²) in [5, 5.41) is 7.72. The van der Waals surface area contributed by atoms with Crippen LogP contribution in [0.1, 0.15) is 31.6 Å². The predicted octanol–water partition coefficient (Wildman–Crippen LogP) is 5.12. The average Bonchev–Trinajstić information content (AvgIpc) is 3.49. The molecule has 32 heavy (non-hydrogen) atoms. The highest BCUT2D eigenvalue weighted by molar-refractivity contribution is 7.18. The SMILES string of the molecule is CC(c1nc2scc(-c3cccs3)c2c(=O)[nH]1)N1CCC(C(=O)Nc2ccccc2)CC1. The minimum absolute atomic E-state index is 0.00112. The molecule has 0 spiro atoms. The zero-order valence-corrected chi connectivity index (χ0v) is 19.3. The molecule has 6 nitrogen and oxygen atoms in total. The number of likely N-dealkylation sites (tertiary alicyclic amines) is 1. The highest BCUT2D eigenvalue weighted by atomic mass is 32.1. The molecule has 1 aliphatic heterocycles. The number of carbonyl (C=O) groups is 1. The van der Waals surface area contributed by atoms with Gasteiger partial charge in [0.25, 0.3) is 5.56 Å². The summed E-state index contributed by atoms with van der Waals surface area (Å²) in [6.45, 7) is 3.66. The van der Waals surface area contributed by atoms with Crippen molar-refractivity contribution in [3.05, 3.63) is 69.4 Å². The van der Waals surface area contributed by atoms with Crippen LogP contribution in [0, 0.1) is 5.92 Å². The maximum absolute atomic E-state index is 12.9. The number of nitrogens with zero attached hydrogens (tertiary/aromatic N) is 2. The molecule has 1 aromatic carbocycles. The first-order valence-corrected chi connectivity index (χ1v) is 12.5. The Morgan fingerprint density at radius 3 is 2.66 bits per heavy atom. The molecular weight excluding hydrogens is 440 g/mol. The molecule has 1 amide bonds. The molecule has 0 bridgehead atoms. The van der Waals surface area contributed by atoms with Crippen LogP contribution in [0.4, 0.5) is 5.69 Å². The number of para-hydroxylation sites is 1. The van der Waals surface area contributed by atoms with Gasteiger partial charge in [-0.3, -0.25) is 14.5 Å². The molecular formula is C24H24N4O2S2. The van der Waals surface area contributed by atoms with Crippen molar-refractivity contribution in [3.63, 3.8) is 0 Å². The summed E-state index contributed by atoms with van der Waals surface area (Å²) in [5.74, 6) is 0.768. The molecule has 164 valence electrons. The standard InChI is InChI=1S/C24H24N4O2S2/c1-15(28-11-9-16(10-12-28)22(29)25-17-6-3-2-4-7-17)21-26-23(30)20-18(14-32-24(20)27-21)19-8-5-13-31-19/h2-8,13-16H,9-12H2,1H3,(H,25,29)(H,26,27,30). The molecule has 5 rings (SSSR count). The maximum Gasteiger partial charge on any atom is 0.260 e. The minimum atomic E-state index is -0.0846. The maximum atomic E-state index is 12.9. The second-order valence-electron chi connectivity index (χ2n) is 8.10. The van der Waals surface area contributed by atoms with E-state index in [0.717, 1.165) is 46.9 Å². The Labute approximate surface area is 193 Å². The van der Waals surface area contributed by atoms with Gasteiger partial charge in [0.05, 0.1) is 11.4 Å². The van der Waals surface area contributed by atoms with Crippen LogP contribution in [0.5, 0.6) is 0 Å². The minimum Gasteiger partial charge on any atom is -0.326 e. The summed E-state index contributed by atoms with van der Waals surface area (Å²) in [7, 11) is 0. The van der Waals surface area contributed by atoms with E-state index in [4.69, 9.17) is 4.98 Å². The van der Waals surface area contributed by atoms with Gasteiger partial charge in [0.15, 0.2) is 0 Å². The lowest BCUT2D eigenvalue weighted by atomic mass is 9.94. The Balaban J connectivity index is 1.27. The van der Waals surface area contributed by atoms with E-state index in [1.54, 1.807) is 11.3 Å². The largest absolute Gasteiger partial charge is 0.326 e. The lowest BCUT2D eigenvalue weighted by molar-refractivity contribution is -0.121. The van der Waals surface area contributed by atoms with Gasteiger partial charge in [-0.05, 0) is 56.4 Å². The fourth-order valence-electron chi connectivity index (χ4n) is 4.26. The first-order valence-electron chi connectivity index (χ1n) is 10.8. The number of anilines is 1. The van der Waals surface area contributed by atoms with Crippen LogP contribution in [0.15, 0.2) is 58.0 Å². The van der Waals surface area contributed by atoms with E-state index >= 15 is 0 Å². The van der Waals surface area contributed by atoms with Gasteiger partial charge in [0.2, 0.25) is 5.91 Å². The van der Waals surface area contributed by atoms with E-state index < -0.39 is 0 Å². The molecule has 1 unspecified atom stereocenters. The monoisotopic (exact) mass is 464 g/mol. The summed E-state index contributed by atoms with van der Waals surface area (Å²) < 4.78 is 0. The van der Waals surface area contributed by atoms with E-state index in [2.05, 4.69) is 22.1 Å². The second-order valence-corrected chi connectivity index (χ2v) is 9.91. The molecule has 8 heteroatoms. The van der Waals surface area contributed by atoms with Crippen LogP contribution in [0.2, 0.25) is 0 Å². The molecule has 2 N–H and O–H groups in total. The van der Waals surface area contributed by atoms with E-state index in [1.165, 1.54) is 11.3 Å². The smallest absolute Gasteiger partial charge is 0.260 e. The van der Waals surface area contributed by atoms with Gasteiger partial charge in [0, 0.05) is 27.4 Å². The molecule has 1 fully saturated rings. The van der Waals surface area contributed by atoms with Gasteiger partial charge < -0.3 is 10.3 Å². The van der Waals surface area contributed by atoms with Gasteiger partial charge in [-0.25, -0.2) is 4.98 Å². The number of hydrogen-bond donors (Lipinski definition) is 2. The number of rotatable bonds is 5. The molecule has 0 radical (unpaired) electrons. The predicted molar refractivity (Wildman–Crippen MR) is 131 cm³/mol. The van der Waals surface area contributed by atoms with E-state index in [0.29, 0.717) is 11.2 Å². The average molecular weight is 465 g/mol. The van der Waals surface area contributed by atoms with Crippen LogP contribution < -0.4 is 10.9 Å². The van der Waals surface area contributed by atoms with Gasteiger partial charge in [-0.1, -0.05) is 24.3 Å². The van der Waals surface area contributed by atoms with Gasteiger partial charge in [0.1, 0.15) is 10.7 Å². The summed E-state index contributed by atoms with van der Waals surface area (Å²) in [4.78, 5) is 37.5. The summed E-state index contributed by atoms with van der Waals surface area (Å²) in [5.41, 5.74) is 1.71. The number of amides is 1. The highest BCUT2D eigenvalue weighted by Crippen LogP contribution is 2.34. The molecule has 0 saturated carbocycles. The van der Waals surface area contributed by atoms with Gasteiger partial charge >= 0.3 is 0 Å². The number of hydrogen-bond acceptors (Lipinski definition) is 6. The zero-order chi connectivity index (χ0) is 22.1. The second kappa shape index (κ2) is 8.97. The number of aromatic amines is 1. The fourth-order valence-corrected chi connectivity index (χ4v) is 6.03. The Morgan fingerprint density at radius 1 is 1.16 bits per heavy atom. The highest BCUT2D eigenvalue weighted by Gasteiger charge is 2.29.